The van der Waals surface area contributed by atoms with E-state index in [2.05, 4.69) is 10.3 Å². The molecule has 0 radical (unpaired) electrons. The number of aromatic nitrogens is 1. The van der Waals surface area contributed by atoms with Crippen LogP contribution >= 0.6 is 11.3 Å². The smallest absolute Gasteiger partial charge is 0.249 e. The van der Waals surface area contributed by atoms with Crippen LogP contribution in [0.3, 0.4) is 0 Å². The molecule has 0 spiro atoms. The van der Waals surface area contributed by atoms with Crippen molar-refractivity contribution in [1.82, 2.24) is 10.3 Å². The van der Waals surface area contributed by atoms with Crippen LogP contribution in [0.25, 0.3) is 0 Å². The molecule has 7 heteroatoms. The highest BCUT2D eigenvalue weighted by Gasteiger charge is 2.32. The number of carbonyl (C=O) groups excluding carboxylic acids is 2. The van der Waals surface area contributed by atoms with Crippen LogP contribution in [0.1, 0.15) is 25.6 Å². The molecule has 2 unspecified atom stereocenters. The fraction of sp³-hybridized carbons (Fsp3) is 0.500. The minimum atomic E-state index is -0.648. The van der Waals surface area contributed by atoms with Gasteiger partial charge in [0.15, 0.2) is 5.13 Å². The molecule has 0 aliphatic carbocycles. The lowest BCUT2D eigenvalue weighted by Crippen LogP contribution is -2.57. The lowest BCUT2D eigenvalue weighted by Gasteiger charge is -2.31. The van der Waals surface area contributed by atoms with Crippen molar-refractivity contribution in [2.75, 3.05) is 11.4 Å². The Bertz CT molecular complexity index is 457. The lowest BCUT2D eigenvalue weighted by molar-refractivity contribution is -0.132. The summed E-state index contributed by atoms with van der Waals surface area (Å²) < 4.78 is 0. The molecule has 6 nitrogen and oxygen atoms in total. The van der Waals surface area contributed by atoms with E-state index in [9.17, 15) is 14.7 Å². The van der Waals surface area contributed by atoms with Crippen molar-refractivity contribution in [3.63, 3.8) is 0 Å². The summed E-state index contributed by atoms with van der Waals surface area (Å²) in [6.45, 7) is 3.45. The maximum Gasteiger partial charge on any atom is 0.249 e. The summed E-state index contributed by atoms with van der Waals surface area (Å²) in [4.78, 5) is 28.6. The number of thiazole rings is 1. The quantitative estimate of drug-likeness (QED) is 0.730. The summed E-state index contributed by atoms with van der Waals surface area (Å²) in [5.41, 5.74) is 0.552. The van der Waals surface area contributed by atoms with Crippen molar-refractivity contribution in [3.8, 4) is 0 Å². The minimum absolute atomic E-state index is 0.111. The van der Waals surface area contributed by atoms with Gasteiger partial charge in [-0.1, -0.05) is 0 Å². The largest absolute Gasteiger partial charge is 0.387 e. The van der Waals surface area contributed by atoms with Crippen LogP contribution in [-0.2, 0) is 9.59 Å². The molecule has 1 fully saturated rings. The standard InChI is InChI=1S/C10H13N3O3S/c1-5-9(16)12-8(15)3-13(5)10-11-7(4-17-10)6(2)14/h4-6,14H,3H2,1-2H3,(H,12,15,16). The first-order valence-corrected chi connectivity index (χ1v) is 6.11. The summed E-state index contributed by atoms with van der Waals surface area (Å²) in [6.07, 6.45) is -0.648. The lowest BCUT2D eigenvalue weighted by atomic mass is 10.2. The third kappa shape index (κ3) is 2.29. The van der Waals surface area contributed by atoms with E-state index in [1.165, 1.54) is 11.3 Å². The van der Waals surface area contributed by atoms with Crippen LogP contribution in [0.4, 0.5) is 5.13 Å². The number of hydrogen-bond donors (Lipinski definition) is 2. The summed E-state index contributed by atoms with van der Waals surface area (Å²) >= 11 is 1.31. The Labute approximate surface area is 102 Å². The Hall–Kier alpha value is -1.47. The van der Waals surface area contributed by atoms with Crippen molar-refractivity contribution in [1.29, 1.82) is 0 Å². The second kappa shape index (κ2) is 4.42. The molecule has 2 rings (SSSR count). The van der Waals surface area contributed by atoms with Gasteiger partial charge in [-0.15, -0.1) is 11.3 Å². The Balaban J connectivity index is 2.25. The number of aliphatic hydroxyl groups is 1. The highest BCUT2D eigenvalue weighted by atomic mass is 32.1. The highest BCUT2D eigenvalue weighted by Crippen LogP contribution is 2.26. The highest BCUT2D eigenvalue weighted by molar-refractivity contribution is 7.13. The third-order valence-corrected chi connectivity index (χ3v) is 3.50. The SMILES string of the molecule is CC(O)c1csc(N2CC(=O)NC(=O)C2C)n1. The van der Waals surface area contributed by atoms with Crippen LogP contribution in [0.2, 0.25) is 0 Å². The Morgan fingerprint density at radius 3 is 2.94 bits per heavy atom. The predicted molar refractivity (Wildman–Crippen MR) is 62.7 cm³/mol. The van der Waals surface area contributed by atoms with E-state index in [1.807, 2.05) is 0 Å². The minimum Gasteiger partial charge on any atom is -0.387 e. The van der Waals surface area contributed by atoms with Crippen LogP contribution in [-0.4, -0.2) is 34.5 Å². The summed E-state index contributed by atoms with van der Waals surface area (Å²) in [7, 11) is 0. The first-order chi connectivity index (χ1) is 7.99. The topological polar surface area (TPSA) is 82.5 Å². The van der Waals surface area contributed by atoms with Crippen LogP contribution in [0.15, 0.2) is 5.38 Å². The van der Waals surface area contributed by atoms with Crippen molar-refractivity contribution >= 4 is 28.3 Å². The average molecular weight is 255 g/mol. The second-order valence-corrected chi connectivity index (χ2v) is 4.78. The summed E-state index contributed by atoms with van der Waals surface area (Å²) in [6, 6.07) is -0.430. The number of nitrogens with zero attached hydrogens (tertiary/aromatic N) is 2. The Morgan fingerprint density at radius 2 is 2.35 bits per heavy atom. The molecular formula is C10H13N3O3S. The zero-order chi connectivity index (χ0) is 12.6. The van der Waals surface area contributed by atoms with Crippen LogP contribution in [0, 0.1) is 0 Å². The number of aliphatic hydroxyl groups excluding tert-OH is 1. The Kier molecular flexibility index (Phi) is 3.12. The van der Waals surface area contributed by atoms with Crippen molar-refractivity contribution < 1.29 is 14.7 Å². The van der Waals surface area contributed by atoms with Crippen LogP contribution in [0.5, 0.6) is 0 Å². The molecule has 1 aromatic rings. The number of anilines is 1. The molecule has 2 N–H and O–H groups in total. The van der Waals surface area contributed by atoms with Gasteiger partial charge in [-0.3, -0.25) is 14.9 Å². The average Bonchev–Trinajstić information content (AvgIpc) is 2.72. The van der Waals surface area contributed by atoms with Gasteiger partial charge in [0.25, 0.3) is 0 Å². The van der Waals surface area contributed by atoms with Gasteiger partial charge in [0.2, 0.25) is 11.8 Å². The molecule has 1 aromatic heterocycles. The normalized spacial score (nSPS) is 22.5. The number of rotatable bonds is 2. The third-order valence-electron chi connectivity index (χ3n) is 2.61. The van der Waals surface area contributed by atoms with E-state index in [4.69, 9.17) is 0 Å². The second-order valence-electron chi connectivity index (χ2n) is 3.95. The molecule has 92 valence electrons. The van der Waals surface area contributed by atoms with E-state index in [1.54, 1.807) is 24.1 Å². The number of piperazine rings is 1. The summed E-state index contributed by atoms with van der Waals surface area (Å²) in [5, 5.41) is 14.0. The fourth-order valence-corrected chi connectivity index (χ4v) is 2.54. The number of hydrogen-bond acceptors (Lipinski definition) is 6. The fourth-order valence-electron chi connectivity index (χ4n) is 1.55. The van der Waals surface area contributed by atoms with E-state index >= 15 is 0 Å². The molecule has 1 aliphatic heterocycles. The zero-order valence-electron chi connectivity index (χ0n) is 9.51. The van der Waals surface area contributed by atoms with E-state index in [-0.39, 0.29) is 18.4 Å². The van der Waals surface area contributed by atoms with Crippen molar-refractivity contribution in [2.45, 2.75) is 26.0 Å². The van der Waals surface area contributed by atoms with Crippen LogP contribution < -0.4 is 10.2 Å². The van der Waals surface area contributed by atoms with Gasteiger partial charge >= 0.3 is 0 Å². The Morgan fingerprint density at radius 1 is 1.65 bits per heavy atom. The molecule has 1 aliphatic rings. The maximum absolute atomic E-state index is 11.5. The number of amides is 2. The molecule has 1 saturated heterocycles. The predicted octanol–water partition coefficient (Wildman–Crippen LogP) is 0.0477. The van der Waals surface area contributed by atoms with Crippen molar-refractivity contribution in [2.24, 2.45) is 0 Å². The molecule has 17 heavy (non-hydrogen) atoms. The van der Waals surface area contributed by atoms with E-state index < -0.39 is 12.1 Å². The molecule has 2 amide bonds. The zero-order valence-corrected chi connectivity index (χ0v) is 10.3. The van der Waals surface area contributed by atoms with Gasteiger partial charge < -0.3 is 10.0 Å². The first-order valence-electron chi connectivity index (χ1n) is 5.23. The number of carbonyl (C=O) groups is 2. The molecule has 0 aromatic carbocycles. The monoisotopic (exact) mass is 255 g/mol. The molecule has 2 atom stereocenters. The summed E-state index contributed by atoms with van der Waals surface area (Å²) in [5.74, 6) is -0.656. The molecular weight excluding hydrogens is 242 g/mol. The maximum atomic E-state index is 11.5. The van der Waals surface area contributed by atoms with Gasteiger partial charge in [-0.2, -0.15) is 0 Å². The van der Waals surface area contributed by atoms with E-state index in [0.717, 1.165) is 0 Å². The van der Waals surface area contributed by atoms with Gasteiger partial charge in [-0.25, -0.2) is 4.98 Å². The molecule has 2 heterocycles. The van der Waals surface area contributed by atoms with Gasteiger partial charge in [-0.05, 0) is 13.8 Å². The van der Waals surface area contributed by atoms with Crippen molar-refractivity contribution in [3.05, 3.63) is 11.1 Å². The van der Waals surface area contributed by atoms with Gasteiger partial charge in [0, 0.05) is 5.38 Å². The van der Waals surface area contributed by atoms with Gasteiger partial charge in [0.05, 0.1) is 11.8 Å². The molecule has 0 bridgehead atoms. The molecule has 0 saturated carbocycles. The van der Waals surface area contributed by atoms with Gasteiger partial charge in [0.1, 0.15) is 12.6 Å². The van der Waals surface area contributed by atoms with E-state index in [0.29, 0.717) is 10.8 Å². The first kappa shape index (κ1) is 12.0. The number of imide groups is 1. The number of nitrogens with one attached hydrogen (secondary N) is 1.